The average Bonchev–Trinajstić information content (AvgIpc) is 3.26. The van der Waals surface area contributed by atoms with E-state index in [9.17, 15) is 9.90 Å². The van der Waals surface area contributed by atoms with E-state index in [2.05, 4.69) is 43.5 Å². The molecule has 2 aromatic carbocycles. The van der Waals surface area contributed by atoms with Crippen LogP contribution in [-0.2, 0) is 10.2 Å². The summed E-state index contributed by atoms with van der Waals surface area (Å²) in [5, 5.41) is 25.9. The van der Waals surface area contributed by atoms with E-state index in [0.29, 0.717) is 35.2 Å². The minimum atomic E-state index is -0.718. The molecular formula is C25H29N3O3. The van der Waals surface area contributed by atoms with Crippen molar-refractivity contribution in [3.63, 3.8) is 0 Å². The molecule has 1 amide bonds. The van der Waals surface area contributed by atoms with Gasteiger partial charge in [-0.25, -0.2) is 0 Å². The molecule has 1 saturated carbocycles. The summed E-state index contributed by atoms with van der Waals surface area (Å²) in [4.78, 5) is 13.0. The molecule has 4 rings (SSSR count). The SMILES string of the molecule is CC(C)(C)c1cc(C2CCCC2)c(O)cc1NC(=O)[C@@H]1CNc2cc(C#N)ccc2O1. The first kappa shape index (κ1) is 21.0. The van der Waals surface area contributed by atoms with Crippen LogP contribution in [0.5, 0.6) is 11.5 Å². The van der Waals surface area contributed by atoms with E-state index in [1.54, 1.807) is 24.3 Å². The molecule has 0 bridgehead atoms. The number of phenols is 1. The Kier molecular flexibility index (Phi) is 5.53. The second-order valence-corrected chi connectivity index (χ2v) is 9.49. The average molecular weight is 420 g/mol. The van der Waals surface area contributed by atoms with Gasteiger partial charge in [-0.05, 0) is 59.6 Å². The molecule has 31 heavy (non-hydrogen) atoms. The number of amides is 1. The third kappa shape index (κ3) is 4.32. The van der Waals surface area contributed by atoms with Crippen LogP contribution in [0.2, 0.25) is 0 Å². The van der Waals surface area contributed by atoms with Crippen molar-refractivity contribution in [1.29, 1.82) is 5.26 Å². The number of carbonyl (C=O) groups is 1. The molecule has 2 aliphatic rings. The summed E-state index contributed by atoms with van der Waals surface area (Å²) in [5.41, 5.74) is 3.64. The van der Waals surface area contributed by atoms with E-state index < -0.39 is 6.10 Å². The molecular weight excluding hydrogens is 390 g/mol. The van der Waals surface area contributed by atoms with Crippen LogP contribution in [0, 0.1) is 11.3 Å². The first-order chi connectivity index (χ1) is 14.8. The van der Waals surface area contributed by atoms with Gasteiger partial charge < -0.3 is 20.5 Å². The van der Waals surface area contributed by atoms with Gasteiger partial charge in [-0.3, -0.25) is 4.79 Å². The van der Waals surface area contributed by atoms with Gasteiger partial charge >= 0.3 is 0 Å². The summed E-state index contributed by atoms with van der Waals surface area (Å²) in [5.74, 6) is 0.890. The number of benzene rings is 2. The molecule has 162 valence electrons. The number of nitrogens with one attached hydrogen (secondary N) is 2. The number of nitrogens with zero attached hydrogens (tertiary/aromatic N) is 1. The topological polar surface area (TPSA) is 94.4 Å². The fourth-order valence-electron chi connectivity index (χ4n) is 4.49. The minimum Gasteiger partial charge on any atom is -0.508 e. The molecule has 1 atom stereocenters. The van der Waals surface area contributed by atoms with Gasteiger partial charge in [0.1, 0.15) is 11.5 Å². The maximum atomic E-state index is 13.0. The van der Waals surface area contributed by atoms with Crippen molar-refractivity contribution in [2.24, 2.45) is 0 Å². The second kappa shape index (κ2) is 8.14. The number of carbonyl (C=O) groups excluding carboxylic acids is 1. The highest BCUT2D eigenvalue weighted by molar-refractivity contribution is 5.96. The highest BCUT2D eigenvalue weighted by Crippen LogP contribution is 2.43. The summed E-state index contributed by atoms with van der Waals surface area (Å²) in [6, 6.07) is 10.9. The molecule has 1 fully saturated rings. The number of rotatable bonds is 3. The Morgan fingerprint density at radius 2 is 1.97 bits per heavy atom. The predicted molar refractivity (Wildman–Crippen MR) is 121 cm³/mol. The summed E-state index contributed by atoms with van der Waals surface area (Å²) < 4.78 is 5.88. The summed E-state index contributed by atoms with van der Waals surface area (Å²) >= 11 is 0. The number of anilines is 2. The van der Waals surface area contributed by atoms with Crippen LogP contribution < -0.4 is 15.4 Å². The number of aromatic hydroxyl groups is 1. The van der Waals surface area contributed by atoms with Crippen LogP contribution in [0.25, 0.3) is 0 Å². The highest BCUT2D eigenvalue weighted by atomic mass is 16.5. The first-order valence-corrected chi connectivity index (χ1v) is 10.9. The lowest BCUT2D eigenvalue weighted by atomic mass is 9.82. The zero-order chi connectivity index (χ0) is 22.2. The Morgan fingerprint density at radius 3 is 2.65 bits per heavy atom. The maximum Gasteiger partial charge on any atom is 0.267 e. The molecule has 1 heterocycles. The lowest BCUT2D eigenvalue weighted by Gasteiger charge is -2.29. The van der Waals surface area contributed by atoms with E-state index in [-0.39, 0.29) is 17.1 Å². The van der Waals surface area contributed by atoms with Gasteiger partial charge in [-0.15, -0.1) is 0 Å². The fraction of sp³-hybridized carbons (Fsp3) is 0.440. The van der Waals surface area contributed by atoms with Crippen LogP contribution in [0.15, 0.2) is 30.3 Å². The molecule has 2 aromatic rings. The van der Waals surface area contributed by atoms with Gasteiger partial charge in [0.15, 0.2) is 6.10 Å². The van der Waals surface area contributed by atoms with E-state index in [1.165, 1.54) is 12.8 Å². The monoisotopic (exact) mass is 419 g/mol. The van der Waals surface area contributed by atoms with Gasteiger partial charge in [0, 0.05) is 11.8 Å². The van der Waals surface area contributed by atoms with Crippen LogP contribution in [0.4, 0.5) is 11.4 Å². The van der Waals surface area contributed by atoms with Gasteiger partial charge in [0.2, 0.25) is 0 Å². The zero-order valence-electron chi connectivity index (χ0n) is 18.3. The summed E-state index contributed by atoms with van der Waals surface area (Å²) in [7, 11) is 0. The standard InChI is InChI=1S/C25H29N3O3/c1-25(2,3)18-11-17(16-6-4-5-7-16)21(29)12-19(18)28-24(30)23-14-27-20-10-15(13-26)8-9-22(20)31-23/h8-12,16,23,27,29H,4-7,14H2,1-3H3,(H,28,30)/t23-/m0/s1. The van der Waals surface area contributed by atoms with Gasteiger partial charge in [0.05, 0.1) is 23.9 Å². The number of fused-ring (bicyclic) bond motifs is 1. The molecule has 1 aliphatic carbocycles. The van der Waals surface area contributed by atoms with Gasteiger partial charge in [-0.1, -0.05) is 33.6 Å². The number of phenolic OH excluding ortho intramolecular Hbond substituents is 1. The van der Waals surface area contributed by atoms with Crippen molar-refractivity contribution >= 4 is 17.3 Å². The number of hydrogen-bond donors (Lipinski definition) is 3. The lowest BCUT2D eigenvalue weighted by Crippen LogP contribution is -2.41. The van der Waals surface area contributed by atoms with E-state index in [4.69, 9.17) is 10.00 Å². The third-order valence-electron chi connectivity index (χ3n) is 6.18. The Labute approximate surface area is 183 Å². The maximum absolute atomic E-state index is 13.0. The number of ether oxygens (including phenoxy) is 1. The van der Waals surface area contributed by atoms with Crippen LogP contribution in [0.3, 0.4) is 0 Å². The fourth-order valence-corrected chi connectivity index (χ4v) is 4.49. The van der Waals surface area contributed by atoms with Crippen LogP contribution >= 0.6 is 0 Å². The minimum absolute atomic E-state index is 0.199. The molecule has 0 unspecified atom stereocenters. The van der Waals surface area contributed by atoms with E-state index in [0.717, 1.165) is 24.0 Å². The highest BCUT2D eigenvalue weighted by Gasteiger charge is 2.30. The molecule has 6 nitrogen and oxygen atoms in total. The van der Waals surface area contributed by atoms with E-state index in [1.807, 2.05) is 0 Å². The smallest absolute Gasteiger partial charge is 0.267 e. The Morgan fingerprint density at radius 1 is 1.23 bits per heavy atom. The number of nitriles is 1. The molecule has 6 heteroatoms. The quantitative estimate of drug-likeness (QED) is 0.649. The van der Waals surface area contributed by atoms with Crippen molar-refractivity contribution < 1.29 is 14.6 Å². The second-order valence-electron chi connectivity index (χ2n) is 9.49. The Bertz CT molecular complexity index is 1040. The molecule has 0 aromatic heterocycles. The first-order valence-electron chi connectivity index (χ1n) is 10.9. The van der Waals surface area contributed by atoms with Crippen molar-refractivity contribution in [1.82, 2.24) is 0 Å². The van der Waals surface area contributed by atoms with Crippen molar-refractivity contribution in [2.45, 2.75) is 63.9 Å². The van der Waals surface area contributed by atoms with Crippen LogP contribution in [0.1, 0.15) is 69.1 Å². The molecule has 0 spiro atoms. The Balaban J connectivity index is 1.57. The third-order valence-corrected chi connectivity index (χ3v) is 6.18. The summed E-state index contributed by atoms with van der Waals surface area (Å²) in [6.07, 6.45) is 3.85. The predicted octanol–water partition coefficient (Wildman–Crippen LogP) is 5.03. The molecule has 0 saturated heterocycles. The number of hydrogen-bond acceptors (Lipinski definition) is 5. The summed E-state index contributed by atoms with van der Waals surface area (Å²) in [6.45, 7) is 6.62. The lowest BCUT2D eigenvalue weighted by molar-refractivity contribution is -0.122. The normalized spacial score (nSPS) is 18.5. The van der Waals surface area contributed by atoms with Crippen molar-refractivity contribution in [2.75, 3.05) is 17.2 Å². The van der Waals surface area contributed by atoms with E-state index >= 15 is 0 Å². The van der Waals surface area contributed by atoms with Crippen LogP contribution in [-0.4, -0.2) is 23.7 Å². The van der Waals surface area contributed by atoms with Crippen molar-refractivity contribution in [3.8, 4) is 17.6 Å². The molecule has 3 N–H and O–H groups in total. The molecule has 1 aliphatic heterocycles. The Hall–Kier alpha value is -3.20. The van der Waals surface area contributed by atoms with Crippen molar-refractivity contribution in [3.05, 3.63) is 47.0 Å². The van der Waals surface area contributed by atoms with Gasteiger partial charge in [0.25, 0.3) is 5.91 Å². The largest absolute Gasteiger partial charge is 0.508 e. The molecule has 0 radical (unpaired) electrons. The zero-order valence-corrected chi connectivity index (χ0v) is 18.3. The van der Waals surface area contributed by atoms with Gasteiger partial charge in [-0.2, -0.15) is 5.26 Å².